The number of anilines is 2. The number of benzene rings is 1. The van der Waals surface area contributed by atoms with Crippen molar-refractivity contribution in [1.82, 2.24) is 20.0 Å². The highest BCUT2D eigenvalue weighted by atomic mass is 35.5. The van der Waals surface area contributed by atoms with Gasteiger partial charge < -0.3 is 10.2 Å². The number of nitrogens with one attached hydrogen (secondary N) is 1. The molecule has 2 aromatic heterocycles. The summed E-state index contributed by atoms with van der Waals surface area (Å²) < 4.78 is 1.79. The second-order valence-electron chi connectivity index (χ2n) is 7.32. The molecule has 0 saturated carbocycles. The zero-order chi connectivity index (χ0) is 20.4. The van der Waals surface area contributed by atoms with E-state index in [0.29, 0.717) is 16.5 Å². The van der Waals surface area contributed by atoms with Gasteiger partial charge in [-0.05, 0) is 57.0 Å². The lowest BCUT2D eigenvalue weighted by atomic mass is 9.96. The van der Waals surface area contributed by atoms with E-state index < -0.39 is 0 Å². The van der Waals surface area contributed by atoms with Gasteiger partial charge in [-0.2, -0.15) is 5.10 Å². The minimum Gasteiger partial charge on any atom is -0.355 e. The molecule has 0 atom stereocenters. The van der Waals surface area contributed by atoms with Gasteiger partial charge in [-0.15, -0.1) is 10.2 Å². The summed E-state index contributed by atoms with van der Waals surface area (Å²) >= 11 is 6.13. The number of amides is 1. The lowest BCUT2D eigenvalue weighted by Crippen LogP contribution is -2.38. The van der Waals surface area contributed by atoms with Crippen LogP contribution in [-0.4, -0.2) is 39.0 Å². The summed E-state index contributed by atoms with van der Waals surface area (Å²) in [6.45, 7) is 5.47. The Morgan fingerprint density at radius 1 is 1.07 bits per heavy atom. The molecule has 7 nitrogen and oxygen atoms in total. The number of aryl methyl sites for hydroxylation is 2. The number of carbonyl (C=O) groups excluding carboxylic acids is 1. The Morgan fingerprint density at radius 3 is 2.38 bits per heavy atom. The van der Waals surface area contributed by atoms with Crippen LogP contribution in [0.25, 0.3) is 5.82 Å². The Balaban J connectivity index is 1.36. The third-order valence-corrected chi connectivity index (χ3v) is 5.51. The van der Waals surface area contributed by atoms with Crippen molar-refractivity contribution in [3.63, 3.8) is 0 Å². The van der Waals surface area contributed by atoms with Crippen LogP contribution in [0.5, 0.6) is 0 Å². The van der Waals surface area contributed by atoms with Crippen LogP contribution in [0, 0.1) is 19.8 Å². The number of hydrogen-bond donors (Lipinski definition) is 1. The average molecular weight is 411 g/mol. The highest BCUT2D eigenvalue weighted by Gasteiger charge is 2.26. The largest absolute Gasteiger partial charge is 0.355 e. The highest BCUT2D eigenvalue weighted by Crippen LogP contribution is 2.25. The van der Waals surface area contributed by atoms with Gasteiger partial charge >= 0.3 is 0 Å². The fourth-order valence-corrected chi connectivity index (χ4v) is 3.81. The average Bonchev–Trinajstić information content (AvgIpc) is 3.08. The maximum atomic E-state index is 12.6. The normalized spacial score (nSPS) is 14.8. The van der Waals surface area contributed by atoms with E-state index in [1.165, 1.54) is 0 Å². The van der Waals surface area contributed by atoms with Crippen molar-refractivity contribution in [3.05, 3.63) is 58.9 Å². The molecule has 29 heavy (non-hydrogen) atoms. The first kappa shape index (κ1) is 19.4. The monoisotopic (exact) mass is 410 g/mol. The molecule has 3 heterocycles. The van der Waals surface area contributed by atoms with E-state index in [1.54, 1.807) is 10.7 Å². The van der Waals surface area contributed by atoms with E-state index in [2.05, 4.69) is 25.5 Å². The molecule has 1 aliphatic rings. The van der Waals surface area contributed by atoms with Gasteiger partial charge in [-0.1, -0.05) is 23.7 Å². The van der Waals surface area contributed by atoms with E-state index in [-0.39, 0.29) is 11.8 Å². The van der Waals surface area contributed by atoms with E-state index in [0.717, 1.165) is 43.1 Å². The van der Waals surface area contributed by atoms with Gasteiger partial charge in [0, 0.05) is 24.7 Å². The van der Waals surface area contributed by atoms with Crippen molar-refractivity contribution in [2.24, 2.45) is 5.92 Å². The summed E-state index contributed by atoms with van der Waals surface area (Å²) in [4.78, 5) is 14.7. The summed E-state index contributed by atoms with van der Waals surface area (Å²) in [7, 11) is 0. The standard InChI is InChI=1S/C21H23ClN6O/c1-14-13-15(2)28(26-14)20-8-7-19(24-25-20)27-11-9-16(10-12-27)21(29)23-18-6-4-3-5-17(18)22/h3-8,13,16H,9-12H2,1-2H3,(H,23,29). The van der Waals surface area contributed by atoms with Crippen LogP contribution in [0.3, 0.4) is 0 Å². The summed E-state index contributed by atoms with van der Waals surface area (Å²) in [5.41, 5.74) is 2.63. The summed E-state index contributed by atoms with van der Waals surface area (Å²) in [6.07, 6.45) is 1.52. The van der Waals surface area contributed by atoms with Crippen LogP contribution in [0.4, 0.5) is 11.5 Å². The van der Waals surface area contributed by atoms with Gasteiger partial charge in [0.15, 0.2) is 11.6 Å². The second-order valence-corrected chi connectivity index (χ2v) is 7.73. The zero-order valence-corrected chi connectivity index (χ0v) is 17.2. The number of hydrogen-bond acceptors (Lipinski definition) is 5. The Kier molecular flexibility index (Phi) is 5.49. The molecule has 4 rings (SSSR count). The molecule has 1 N–H and O–H groups in total. The van der Waals surface area contributed by atoms with Crippen molar-refractivity contribution in [3.8, 4) is 5.82 Å². The predicted molar refractivity (Wildman–Crippen MR) is 114 cm³/mol. The molecule has 1 aromatic carbocycles. The van der Waals surface area contributed by atoms with E-state index >= 15 is 0 Å². The minimum absolute atomic E-state index is 0.0173. The first-order valence-corrected chi connectivity index (χ1v) is 10.1. The lowest BCUT2D eigenvalue weighted by Gasteiger charge is -2.31. The molecule has 8 heteroatoms. The van der Waals surface area contributed by atoms with Gasteiger partial charge in [0.2, 0.25) is 5.91 Å². The van der Waals surface area contributed by atoms with E-state index in [4.69, 9.17) is 11.6 Å². The third kappa shape index (κ3) is 4.24. The van der Waals surface area contributed by atoms with Crippen LogP contribution in [0.2, 0.25) is 5.02 Å². The number of rotatable bonds is 4. The summed E-state index contributed by atoms with van der Waals surface area (Å²) in [6, 6.07) is 13.2. The minimum atomic E-state index is -0.0375. The van der Waals surface area contributed by atoms with Gasteiger partial charge in [0.1, 0.15) is 0 Å². The maximum Gasteiger partial charge on any atom is 0.227 e. The zero-order valence-electron chi connectivity index (χ0n) is 16.5. The molecule has 0 unspecified atom stereocenters. The fourth-order valence-electron chi connectivity index (χ4n) is 3.63. The molecule has 0 aliphatic carbocycles. The first-order chi connectivity index (χ1) is 14.0. The van der Waals surface area contributed by atoms with Crippen LogP contribution >= 0.6 is 11.6 Å². The molecule has 1 saturated heterocycles. The van der Waals surface area contributed by atoms with E-state index in [9.17, 15) is 4.79 Å². The molecule has 0 spiro atoms. The molecular formula is C21H23ClN6O. The SMILES string of the molecule is Cc1cc(C)n(-c2ccc(N3CCC(C(=O)Nc4ccccc4Cl)CC3)nn2)n1. The molecule has 1 aliphatic heterocycles. The first-order valence-electron chi connectivity index (χ1n) is 9.69. The number of aromatic nitrogens is 4. The van der Waals surface area contributed by atoms with Crippen molar-refractivity contribution < 1.29 is 4.79 Å². The molecule has 1 amide bonds. The molecule has 0 radical (unpaired) electrons. The highest BCUT2D eigenvalue weighted by molar-refractivity contribution is 6.33. The molecule has 0 bridgehead atoms. The van der Waals surface area contributed by atoms with Gasteiger partial charge in [-0.25, -0.2) is 4.68 Å². The van der Waals surface area contributed by atoms with Crippen molar-refractivity contribution >= 4 is 29.0 Å². The summed E-state index contributed by atoms with van der Waals surface area (Å²) in [5.74, 6) is 1.50. The number of carbonyl (C=O) groups is 1. The van der Waals surface area contributed by atoms with Gasteiger partial charge in [-0.3, -0.25) is 4.79 Å². The number of piperidine rings is 1. The van der Waals surface area contributed by atoms with Crippen LogP contribution in [0.1, 0.15) is 24.2 Å². The van der Waals surface area contributed by atoms with E-state index in [1.807, 2.05) is 50.2 Å². The number of para-hydroxylation sites is 1. The van der Waals surface area contributed by atoms with Gasteiger partial charge in [0.25, 0.3) is 0 Å². The Hall–Kier alpha value is -2.93. The Labute approximate surface area is 174 Å². The van der Waals surface area contributed by atoms with Crippen molar-refractivity contribution in [1.29, 1.82) is 0 Å². The quantitative estimate of drug-likeness (QED) is 0.708. The Bertz CT molecular complexity index is 1010. The van der Waals surface area contributed by atoms with Crippen molar-refractivity contribution in [2.45, 2.75) is 26.7 Å². The molecule has 3 aromatic rings. The smallest absolute Gasteiger partial charge is 0.227 e. The number of halogens is 1. The van der Waals surface area contributed by atoms with Crippen LogP contribution < -0.4 is 10.2 Å². The van der Waals surface area contributed by atoms with Gasteiger partial charge in [0.05, 0.1) is 16.4 Å². The van der Waals surface area contributed by atoms with Crippen molar-refractivity contribution in [2.75, 3.05) is 23.3 Å². The second kappa shape index (κ2) is 8.21. The predicted octanol–water partition coefficient (Wildman–Crippen LogP) is 3.79. The fraction of sp³-hybridized carbons (Fsp3) is 0.333. The summed E-state index contributed by atoms with van der Waals surface area (Å²) in [5, 5.41) is 16.6. The number of nitrogens with zero attached hydrogens (tertiary/aromatic N) is 5. The Morgan fingerprint density at radius 2 is 1.76 bits per heavy atom. The third-order valence-electron chi connectivity index (χ3n) is 5.18. The molecule has 1 fully saturated rings. The molecular weight excluding hydrogens is 388 g/mol. The lowest BCUT2D eigenvalue weighted by molar-refractivity contribution is -0.120. The molecule has 150 valence electrons. The van der Waals surface area contributed by atoms with Crippen LogP contribution in [-0.2, 0) is 4.79 Å². The topological polar surface area (TPSA) is 75.9 Å². The van der Waals surface area contributed by atoms with Crippen LogP contribution in [0.15, 0.2) is 42.5 Å². The maximum absolute atomic E-state index is 12.6.